The number of methoxy groups -OCH3 is 1. The average Bonchev–Trinajstić information content (AvgIpc) is 2.93. The monoisotopic (exact) mass is 273 g/mol. The second-order valence-electron chi connectivity index (χ2n) is 4.55. The Morgan fingerprint density at radius 3 is 3.00 bits per heavy atom. The Bertz CT molecular complexity index is 606. The smallest absolute Gasteiger partial charge is 0.257 e. The molecule has 2 aromatic rings. The van der Waals surface area contributed by atoms with Gasteiger partial charge in [-0.2, -0.15) is 0 Å². The predicted molar refractivity (Wildman–Crippen MR) is 75.8 cm³/mol. The first kappa shape index (κ1) is 12.2. The molecule has 0 aliphatic carbocycles. The largest absolute Gasteiger partial charge is 0.496 e. The Morgan fingerprint density at radius 2 is 2.16 bits per heavy atom. The number of hydrogen-bond acceptors (Lipinski definition) is 3. The van der Waals surface area contributed by atoms with Crippen molar-refractivity contribution in [2.24, 2.45) is 0 Å². The number of hydrogen-bond donors (Lipinski definition) is 0. The maximum atomic E-state index is 12.6. The van der Waals surface area contributed by atoms with Gasteiger partial charge in [0.15, 0.2) is 0 Å². The fourth-order valence-corrected chi connectivity index (χ4v) is 3.30. The van der Waals surface area contributed by atoms with Crippen molar-refractivity contribution < 1.29 is 9.53 Å². The highest BCUT2D eigenvalue weighted by Gasteiger charge is 2.24. The van der Waals surface area contributed by atoms with E-state index in [1.54, 1.807) is 18.4 Å². The van der Waals surface area contributed by atoms with Gasteiger partial charge in [-0.3, -0.25) is 4.79 Å². The van der Waals surface area contributed by atoms with Gasteiger partial charge < -0.3 is 9.64 Å². The number of thiophene rings is 1. The number of rotatable bonds is 2. The Labute approximate surface area is 116 Å². The van der Waals surface area contributed by atoms with Gasteiger partial charge >= 0.3 is 0 Å². The van der Waals surface area contributed by atoms with Crippen LogP contribution in [0.1, 0.15) is 20.8 Å². The summed E-state index contributed by atoms with van der Waals surface area (Å²) < 4.78 is 5.27. The van der Waals surface area contributed by atoms with E-state index in [0.717, 1.165) is 13.0 Å². The quantitative estimate of drug-likeness (QED) is 0.842. The zero-order valence-electron chi connectivity index (χ0n) is 10.8. The summed E-state index contributed by atoms with van der Waals surface area (Å²) in [6, 6.07) is 9.51. The summed E-state index contributed by atoms with van der Waals surface area (Å²) in [5.74, 6) is 0.693. The maximum absolute atomic E-state index is 12.6. The van der Waals surface area contributed by atoms with Crippen LogP contribution in [0.5, 0.6) is 5.75 Å². The first-order chi connectivity index (χ1) is 9.29. The number of carbonyl (C=O) groups is 1. The molecule has 1 aromatic carbocycles. The number of amides is 1. The summed E-state index contributed by atoms with van der Waals surface area (Å²) in [6.07, 6.45) is 0.952. The lowest BCUT2D eigenvalue weighted by molar-refractivity contribution is 0.0732. The lowest BCUT2D eigenvalue weighted by atomic mass is 10.1. The van der Waals surface area contributed by atoms with Crippen molar-refractivity contribution in [1.29, 1.82) is 0 Å². The van der Waals surface area contributed by atoms with Crippen LogP contribution in [0.15, 0.2) is 35.7 Å². The molecule has 0 atom stereocenters. The number of benzene rings is 1. The lowest BCUT2D eigenvalue weighted by Gasteiger charge is -2.27. The van der Waals surface area contributed by atoms with E-state index < -0.39 is 0 Å². The van der Waals surface area contributed by atoms with Gasteiger partial charge in [-0.05, 0) is 35.6 Å². The van der Waals surface area contributed by atoms with Crippen molar-refractivity contribution in [2.45, 2.75) is 13.0 Å². The maximum Gasteiger partial charge on any atom is 0.257 e. The lowest BCUT2D eigenvalue weighted by Crippen LogP contribution is -2.35. The summed E-state index contributed by atoms with van der Waals surface area (Å²) in [6.45, 7) is 1.49. The molecular formula is C15H15NO2S. The van der Waals surface area contributed by atoms with Gasteiger partial charge in [-0.25, -0.2) is 0 Å². The molecule has 0 saturated carbocycles. The summed E-state index contributed by atoms with van der Waals surface area (Å²) in [7, 11) is 1.60. The van der Waals surface area contributed by atoms with Gasteiger partial charge in [0, 0.05) is 18.0 Å². The zero-order valence-corrected chi connectivity index (χ0v) is 11.6. The van der Waals surface area contributed by atoms with E-state index >= 15 is 0 Å². The van der Waals surface area contributed by atoms with Crippen molar-refractivity contribution in [3.63, 3.8) is 0 Å². The van der Waals surface area contributed by atoms with Crippen LogP contribution in [0.2, 0.25) is 0 Å². The first-order valence-corrected chi connectivity index (χ1v) is 7.15. The fourth-order valence-electron chi connectivity index (χ4n) is 2.41. The third kappa shape index (κ3) is 2.24. The molecule has 98 valence electrons. The van der Waals surface area contributed by atoms with Gasteiger partial charge in [0.05, 0.1) is 12.7 Å². The molecule has 0 spiro atoms. The molecule has 0 saturated heterocycles. The minimum atomic E-state index is 0.0503. The first-order valence-electron chi connectivity index (χ1n) is 6.27. The van der Waals surface area contributed by atoms with E-state index in [-0.39, 0.29) is 5.91 Å². The van der Waals surface area contributed by atoms with Gasteiger partial charge in [0.2, 0.25) is 0 Å². The summed E-state index contributed by atoms with van der Waals surface area (Å²) in [5.41, 5.74) is 1.92. The summed E-state index contributed by atoms with van der Waals surface area (Å²) in [4.78, 5) is 15.9. The average molecular weight is 273 g/mol. The van der Waals surface area contributed by atoms with Crippen LogP contribution in [0.3, 0.4) is 0 Å². The number of para-hydroxylation sites is 1. The van der Waals surface area contributed by atoms with E-state index in [0.29, 0.717) is 17.9 Å². The van der Waals surface area contributed by atoms with Gasteiger partial charge in [-0.1, -0.05) is 12.1 Å². The zero-order chi connectivity index (χ0) is 13.2. The second-order valence-corrected chi connectivity index (χ2v) is 5.55. The number of nitrogens with zero attached hydrogens (tertiary/aromatic N) is 1. The van der Waals surface area contributed by atoms with Crippen LogP contribution in [-0.2, 0) is 13.0 Å². The molecule has 19 heavy (non-hydrogen) atoms. The fraction of sp³-hybridized carbons (Fsp3) is 0.267. The van der Waals surface area contributed by atoms with Crippen molar-refractivity contribution in [3.05, 3.63) is 51.7 Å². The number of ether oxygens (including phenoxy) is 1. The van der Waals surface area contributed by atoms with Crippen LogP contribution in [0.25, 0.3) is 0 Å². The van der Waals surface area contributed by atoms with Gasteiger partial charge in [0.1, 0.15) is 5.75 Å². The predicted octanol–water partition coefficient (Wildman–Crippen LogP) is 2.96. The molecule has 0 radical (unpaired) electrons. The van der Waals surface area contributed by atoms with Crippen molar-refractivity contribution >= 4 is 17.2 Å². The van der Waals surface area contributed by atoms with E-state index in [2.05, 4.69) is 11.4 Å². The molecule has 3 rings (SSSR count). The molecule has 0 N–H and O–H groups in total. The third-order valence-corrected chi connectivity index (χ3v) is 4.46. The van der Waals surface area contributed by atoms with E-state index in [1.165, 1.54) is 10.4 Å². The normalized spacial score (nSPS) is 14.1. The Hall–Kier alpha value is -1.81. The van der Waals surface area contributed by atoms with Crippen LogP contribution >= 0.6 is 11.3 Å². The summed E-state index contributed by atoms with van der Waals surface area (Å²) in [5, 5.41) is 2.10. The minimum Gasteiger partial charge on any atom is -0.496 e. The van der Waals surface area contributed by atoms with Gasteiger partial charge in [0.25, 0.3) is 5.91 Å². The minimum absolute atomic E-state index is 0.0503. The second kappa shape index (κ2) is 5.05. The van der Waals surface area contributed by atoms with E-state index in [9.17, 15) is 4.79 Å². The SMILES string of the molecule is COc1ccccc1C(=O)N1CCc2sccc2C1. The molecule has 4 heteroatoms. The molecule has 1 aromatic heterocycles. The molecule has 1 amide bonds. The van der Waals surface area contributed by atoms with E-state index in [1.807, 2.05) is 29.2 Å². The molecule has 1 aliphatic heterocycles. The highest BCUT2D eigenvalue weighted by atomic mass is 32.1. The highest BCUT2D eigenvalue weighted by Crippen LogP contribution is 2.27. The van der Waals surface area contributed by atoms with Crippen LogP contribution in [0.4, 0.5) is 0 Å². The van der Waals surface area contributed by atoms with E-state index in [4.69, 9.17) is 4.74 Å². The molecule has 2 heterocycles. The Balaban J connectivity index is 1.85. The molecule has 0 bridgehead atoms. The van der Waals surface area contributed by atoms with Crippen molar-refractivity contribution in [1.82, 2.24) is 4.90 Å². The highest BCUT2D eigenvalue weighted by molar-refractivity contribution is 7.10. The Morgan fingerprint density at radius 1 is 1.32 bits per heavy atom. The molecular weight excluding hydrogens is 258 g/mol. The van der Waals surface area contributed by atoms with Crippen molar-refractivity contribution in [2.75, 3.05) is 13.7 Å². The summed E-state index contributed by atoms with van der Waals surface area (Å²) >= 11 is 1.78. The molecule has 0 unspecified atom stereocenters. The Kier molecular flexibility index (Phi) is 3.25. The number of carbonyl (C=O) groups excluding carboxylic acids is 1. The van der Waals surface area contributed by atoms with Crippen LogP contribution < -0.4 is 4.74 Å². The molecule has 1 aliphatic rings. The molecule has 0 fully saturated rings. The van der Waals surface area contributed by atoms with Gasteiger partial charge in [-0.15, -0.1) is 11.3 Å². The van der Waals surface area contributed by atoms with Crippen LogP contribution in [0, 0.1) is 0 Å². The topological polar surface area (TPSA) is 29.5 Å². The number of fused-ring (bicyclic) bond motifs is 1. The van der Waals surface area contributed by atoms with Crippen LogP contribution in [-0.4, -0.2) is 24.5 Å². The molecule has 3 nitrogen and oxygen atoms in total. The van der Waals surface area contributed by atoms with Crippen molar-refractivity contribution in [3.8, 4) is 5.75 Å². The standard InChI is InChI=1S/C15H15NO2S/c1-18-13-5-3-2-4-12(13)15(17)16-8-6-14-11(10-16)7-9-19-14/h2-5,7,9H,6,8,10H2,1H3. The third-order valence-electron chi connectivity index (χ3n) is 3.43.